The minimum atomic E-state index is -1.16. The monoisotopic (exact) mass is 356 g/mol. The van der Waals surface area contributed by atoms with Gasteiger partial charge in [-0.05, 0) is 34.6 Å². The maximum absolute atomic E-state index is 12.8. The molecule has 2 atom stereocenters. The largest absolute Gasteiger partial charge is 0.465 e. The molecule has 25 heavy (non-hydrogen) atoms. The standard InChI is InChI=1S/C17H28N2O6/c1-6-23-12(20)16-8-18-9-17(16,13(21)24-7-2)11-19(10-16)14(22)25-15(3,4)5/h18H,6-11H2,1-5H3. The van der Waals surface area contributed by atoms with Crippen molar-refractivity contribution in [3.05, 3.63) is 0 Å². The second-order valence-electron chi connectivity index (χ2n) is 7.55. The summed E-state index contributed by atoms with van der Waals surface area (Å²) in [6.07, 6.45) is -0.547. The summed E-state index contributed by atoms with van der Waals surface area (Å²) in [4.78, 5) is 39.5. The van der Waals surface area contributed by atoms with Crippen LogP contribution in [0, 0.1) is 10.8 Å². The Morgan fingerprint density at radius 2 is 1.40 bits per heavy atom. The number of esters is 2. The molecule has 2 fully saturated rings. The van der Waals surface area contributed by atoms with E-state index in [2.05, 4.69) is 5.32 Å². The predicted octanol–water partition coefficient (Wildman–Crippen LogP) is 0.939. The van der Waals surface area contributed by atoms with Crippen molar-refractivity contribution in [3.63, 3.8) is 0 Å². The van der Waals surface area contributed by atoms with E-state index in [1.165, 1.54) is 4.90 Å². The lowest BCUT2D eigenvalue weighted by Crippen LogP contribution is -2.52. The van der Waals surface area contributed by atoms with Gasteiger partial charge in [-0.15, -0.1) is 0 Å². The number of nitrogens with one attached hydrogen (secondary N) is 1. The summed E-state index contributed by atoms with van der Waals surface area (Å²) in [5, 5.41) is 3.11. The number of hydrogen-bond acceptors (Lipinski definition) is 7. The van der Waals surface area contributed by atoms with Crippen LogP contribution in [0.15, 0.2) is 0 Å². The summed E-state index contributed by atoms with van der Waals surface area (Å²) >= 11 is 0. The minimum Gasteiger partial charge on any atom is -0.465 e. The quantitative estimate of drug-likeness (QED) is 0.592. The Balaban J connectivity index is 2.37. The van der Waals surface area contributed by atoms with Gasteiger partial charge in [0.2, 0.25) is 0 Å². The number of likely N-dealkylation sites (tertiary alicyclic amines) is 1. The summed E-state index contributed by atoms with van der Waals surface area (Å²) in [6, 6.07) is 0. The first-order chi connectivity index (χ1) is 11.6. The SMILES string of the molecule is CCOC(=O)C12CNCC1(C(=O)OCC)CN(C(=O)OC(C)(C)C)C2. The molecule has 142 valence electrons. The molecule has 1 N–H and O–H groups in total. The fraction of sp³-hybridized carbons (Fsp3) is 0.824. The van der Waals surface area contributed by atoms with E-state index in [4.69, 9.17) is 14.2 Å². The van der Waals surface area contributed by atoms with Crippen LogP contribution in [0.4, 0.5) is 4.79 Å². The molecule has 8 nitrogen and oxygen atoms in total. The maximum atomic E-state index is 12.8. The van der Waals surface area contributed by atoms with Crippen LogP contribution in [0.5, 0.6) is 0 Å². The summed E-state index contributed by atoms with van der Waals surface area (Å²) in [5.41, 5.74) is -2.99. The average Bonchev–Trinajstić information content (AvgIpc) is 3.00. The number of carbonyl (C=O) groups is 3. The van der Waals surface area contributed by atoms with Crippen molar-refractivity contribution in [2.75, 3.05) is 39.4 Å². The van der Waals surface area contributed by atoms with Gasteiger partial charge in [0, 0.05) is 26.2 Å². The van der Waals surface area contributed by atoms with Crippen molar-refractivity contribution in [1.29, 1.82) is 0 Å². The van der Waals surface area contributed by atoms with Gasteiger partial charge in [-0.25, -0.2) is 4.79 Å². The zero-order valence-corrected chi connectivity index (χ0v) is 15.6. The molecule has 0 aliphatic carbocycles. The van der Waals surface area contributed by atoms with Crippen LogP contribution < -0.4 is 5.32 Å². The molecular weight excluding hydrogens is 328 g/mol. The van der Waals surface area contributed by atoms with Gasteiger partial charge >= 0.3 is 18.0 Å². The highest BCUT2D eigenvalue weighted by Gasteiger charge is 2.71. The Kier molecular flexibility index (Phi) is 5.32. The normalized spacial score (nSPS) is 28.4. The van der Waals surface area contributed by atoms with Crippen LogP contribution in [-0.4, -0.2) is 67.9 Å². The third-order valence-electron chi connectivity index (χ3n) is 4.68. The van der Waals surface area contributed by atoms with E-state index in [-0.39, 0.29) is 39.4 Å². The Bertz CT molecular complexity index is 524. The number of rotatable bonds is 4. The smallest absolute Gasteiger partial charge is 0.410 e. The Morgan fingerprint density at radius 1 is 0.960 bits per heavy atom. The molecule has 2 rings (SSSR count). The molecule has 0 saturated carbocycles. The number of hydrogen-bond donors (Lipinski definition) is 1. The van der Waals surface area contributed by atoms with E-state index in [0.29, 0.717) is 0 Å². The molecule has 1 amide bonds. The van der Waals surface area contributed by atoms with Crippen molar-refractivity contribution < 1.29 is 28.6 Å². The number of carbonyl (C=O) groups excluding carboxylic acids is 3. The minimum absolute atomic E-state index is 0.0621. The molecule has 0 aromatic rings. The Hall–Kier alpha value is -1.83. The molecule has 0 aromatic heterocycles. The highest BCUT2D eigenvalue weighted by molar-refractivity contribution is 5.92. The van der Waals surface area contributed by atoms with Crippen LogP contribution in [0.2, 0.25) is 0 Å². The van der Waals surface area contributed by atoms with Gasteiger partial charge in [-0.2, -0.15) is 0 Å². The van der Waals surface area contributed by atoms with Gasteiger partial charge in [-0.3, -0.25) is 9.59 Å². The first-order valence-corrected chi connectivity index (χ1v) is 8.65. The van der Waals surface area contributed by atoms with Crippen molar-refractivity contribution in [2.45, 2.75) is 40.2 Å². The summed E-state index contributed by atoms with van der Waals surface area (Å²) in [5.74, 6) is -0.974. The highest BCUT2D eigenvalue weighted by Crippen LogP contribution is 2.51. The fourth-order valence-electron chi connectivity index (χ4n) is 3.61. The first-order valence-electron chi connectivity index (χ1n) is 8.65. The van der Waals surface area contributed by atoms with E-state index < -0.39 is 34.5 Å². The van der Waals surface area contributed by atoms with Gasteiger partial charge in [0.25, 0.3) is 0 Å². The lowest BCUT2D eigenvalue weighted by atomic mass is 9.68. The third kappa shape index (κ3) is 3.31. The molecule has 0 aromatic carbocycles. The van der Waals surface area contributed by atoms with Gasteiger partial charge in [-0.1, -0.05) is 0 Å². The molecule has 2 aliphatic heterocycles. The second kappa shape index (κ2) is 6.82. The Morgan fingerprint density at radius 3 is 1.76 bits per heavy atom. The van der Waals surface area contributed by atoms with Crippen LogP contribution in [0.3, 0.4) is 0 Å². The number of nitrogens with zero attached hydrogens (tertiary/aromatic N) is 1. The van der Waals surface area contributed by atoms with E-state index in [1.807, 2.05) is 0 Å². The van der Waals surface area contributed by atoms with E-state index in [9.17, 15) is 14.4 Å². The van der Waals surface area contributed by atoms with Crippen molar-refractivity contribution in [2.24, 2.45) is 10.8 Å². The van der Waals surface area contributed by atoms with Crippen molar-refractivity contribution in [1.82, 2.24) is 10.2 Å². The van der Waals surface area contributed by atoms with Gasteiger partial charge in [0.15, 0.2) is 0 Å². The van der Waals surface area contributed by atoms with Crippen LogP contribution in [0.25, 0.3) is 0 Å². The van der Waals surface area contributed by atoms with Crippen LogP contribution >= 0.6 is 0 Å². The molecule has 2 saturated heterocycles. The lowest BCUT2D eigenvalue weighted by Gasteiger charge is -2.33. The molecule has 0 bridgehead atoms. The molecule has 0 spiro atoms. The lowest BCUT2D eigenvalue weighted by molar-refractivity contribution is -0.171. The second-order valence-corrected chi connectivity index (χ2v) is 7.55. The van der Waals surface area contributed by atoms with Gasteiger partial charge in [0.1, 0.15) is 16.4 Å². The van der Waals surface area contributed by atoms with Gasteiger partial charge in [0.05, 0.1) is 13.2 Å². The van der Waals surface area contributed by atoms with E-state index >= 15 is 0 Å². The molecular formula is C17H28N2O6. The number of amides is 1. The molecule has 2 aliphatic rings. The number of ether oxygens (including phenoxy) is 3. The molecule has 2 heterocycles. The fourth-order valence-corrected chi connectivity index (χ4v) is 3.61. The molecule has 0 radical (unpaired) electrons. The van der Waals surface area contributed by atoms with Gasteiger partial charge < -0.3 is 24.4 Å². The highest BCUT2D eigenvalue weighted by atomic mass is 16.6. The zero-order valence-electron chi connectivity index (χ0n) is 15.6. The van der Waals surface area contributed by atoms with Crippen molar-refractivity contribution in [3.8, 4) is 0 Å². The maximum Gasteiger partial charge on any atom is 0.410 e. The van der Waals surface area contributed by atoms with Crippen LogP contribution in [-0.2, 0) is 23.8 Å². The summed E-state index contributed by atoms with van der Waals surface area (Å²) in [7, 11) is 0. The van der Waals surface area contributed by atoms with E-state index in [0.717, 1.165) is 0 Å². The Labute approximate surface area is 148 Å². The molecule has 8 heteroatoms. The summed E-state index contributed by atoms with van der Waals surface area (Å²) < 4.78 is 15.9. The van der Waals surface area contributed by atoms with Crippen molar-refractivity contribution >= 4 is 18.0 Å². The molecule has 2 unspecified atom stereocenters. The first kappa shape index (κ1) is 19.5. The number of fused-ring (bicyclic) bond motifs is 1. The third-order valence-corrected chi connectivity index (χ3v) is 4.68. The predicted molar refractivity (Wildman–Crippen MR) is 88.8 cm³/mol. The van der Waals surface area contributed by atoms with E-state index in [1.54, 1.807) is 34.6 Å². The zero-order chi connectivity index (χ0) is 18.9. The summed E-state index contributed by atoms with van der Waals surface area (Å²) in [6.45, 7) is 9.76. The van der Waals surface area contributed by atoms with Crippen LogP contribution in [0.1, 0.15) is 34.6 Å². The average molecular weight is 356 g/mol. The topological polar surface area (TPSA) is 94.2 Å².